The number of nitrogens with one attached hydrogen (secondary N) is 1. The highest BCUT2D eigenvalue weighted by atomic mass is 32.2. The Bertz CT molecular complexity index is 337. The van der Waals surface area contributed by atoms with Crippen LogP contribution in [-0.2, 0) is 10.2 Å². The molecule has 0 amide bonds. The molecule has 0 aliphatic heterocycles. The van der Waals surface area contributed by atoms with Gasteiger partial charge in [-0.1, -0.05) is 19.3 Å². The van der Waals surface area contributed by atoms with E-state index in [0.29, 0.717) is 6.42 Å². The number of hydrogen-bond donors (Lipinski definition) is 2. The molecule has 108 valence electrons. The van der Waals surface area contributed by atoms with E-state index in [1.807, 2.05) is 0 Å². The van der Waals surface area contributed by atoms with Crippen molar-refractivity contribution in [3.8, 4) is 0 Å². The molecule has 0 aromatic heterocycles. The predicted octanol–water partition coefficient (Wildman–Crippen LogP) is 1.24. The number of nitrogens with zero attached hydrogens (tertiary/aromatic N) is 1. The van der Waals surface area contributed by atoms with E-state index in [-0.39, 0.29) is 12.1 Å². The lowest BCUT2D eigenvalue weighted by Crippen LogP contribution is -2.48. The van der Waals surface area contributed by atoms with Gasteiger partial charge in [0, 0.05) is 19.1 Å². The summed E-state index contributed by atoms with van der Waals surface area (Å²) in [6, 6.07) is -0.129. The van der Waals surface area contributed by atoms with E-state index in [4.69, 9.17) is 0 Å². The van der Waals surface area contributed by atoms with Gasteiger partial charge in [-0.15, -0.1) is 0 Å². The fraction of sp³-hybridized carbons (Fsp3) is 1.00. The predicted molar refractivity (Wildman–Crippen MR) is 72.5 cm³/mol. The molecule has 1 rings (SSSR count). The lowest BCUT2D eigenvalue weighted by molar-refractivity contribution is 0.174. The Labute approximate surface area is 111 Å². The van der Waals surface area contributed by atoms with Gasteiger partial charge < -0.3 is 5.11 Å². The Balaban J connectivity index is 2.56. The summed E-state index contributed by atoms with van der Waals surface area (Å²) in [6.07, 6.45) is 5.24. The second-order valence-corrected chi connectivity index (χ2v) is 7.18. The third-order valence-electron chi connectivity index (χ3n) is 3.51. The second kappa shape index (κ2) is 6.84. The molecule has 1 fully saturated rings. The van der Waals surface area contributed by atoms with E-state index in [0.717, 1.165) is 25.7 Å². The van der Waals surface area contributed by atoms with E-state index in [1.165, 1.54) is 10.7 Å². The van der Waals surface area contributed by atoms with Crippen LogP contribution >= 0.6 is 0 Å². The fourth-order valence-electron chi connectivity index (χ4n) is 2.54. The normalized spacial score (nSPS) is 22.1. The van der Waals surface area contributed by atoms with Gasteiger partial charge in [0.05, 0.1) is 6.10 Å². The molecular weight excluding hydrogens is 252 g/mol. The van der Waals surface area contributed by atoms with Gasteiger partial charge in [0.2, 0.25) is 0 Å². The molecule has 0 aromatic carbocycles. The molecular formula is C12H26N2O3S. The maximum atomic E-state index is 12.2. The number of rotatable bonds is 6. The molecule has 0 radical (unpaired) electrons. The molecule has 1 aliphatic rings. The maximum absolute atomic E-state index is 12.2. The summed E-state index contributed by atoms with van der Waals surface area (Å²) in [6.45, 7) is 3.44. The third-order valence-corrected chi connectivity index (χ3v) is 5.27. The summed E-state index contributed by atoms with van der Waals surface area (Å²) >= 11 is 0. The highest BCUT2D eigenvalue weighted by molar-refractivity contribution is 7.87. The third kappa shape index (κ3) is 4.84. The minimum Gasteiger partial charge on any atom is -0.393 e. The van der Waals surface area contributed by atoms with Crippen LogP contribution in [0.1, 0.15) is 52.4 Å². The first kappa shape index (κ1) is 15.9. The van der Waals surface area contributed by atoms with Crippen LogP contribution in [0.2, 0.25) is 0 Å². The van der Waals surface area contributed by atoms with E-state index < -0.39 is 16.3 Å². The summed E-state index contributed by atoms with van der Waals surface area (Å²) in [5.74, 6) is 0. The van der Waals surface area contributed by atoms with Crippen LogP contribution in [0.5, 0.6) is 0 Å². The molecule has 0 spiro atoms. The standard InChI is InChI=1S/C12H26N2O3S/c1-10(9-11(2)15)13-18(16,17)14(3)12-7-5-4-6-8-12/h10-13,15H,4-9H2,1-3H3. The van der Waals surface area contributed by atoms with Gasteiger partial charge in [-0.3, -0.25) is 0 Å². The molecule has 0 bridgehead atoms. The Kier molecular flexibility index (Phi) is 6.04. The Morgan fingerprint density at radius 1 is 1.28 bits per heavy atom. The van der Waals surface area contributed by atoms with Gasteiger partial charge in [-0.25, -0.2) is 0 Å². The minimum atomic E-state index is -3.43. The van der Waals surface area contributed by atoms with Crippen LogP contribution in [0, 0.1) is 0 Å². The van der Waals surface area contributed by atoms with Crippen molar-refractivity contribution >= 4 is 10.2 Å². The Morgan fingerprint density at radius 3 is 2.33 bits per heavy atom. The van der Waals surface area contributed by atoms with E-state index in [1.54, 1.807) is 20.9 Å². The van der Waals surface area contributed by atoms with Crippen molar-refractivity contribution in [3.05, 3.63) is 0 Å². The molecule has 0 heterocycles. The maximum Gasteiger partial charge on any atom is 0.279 e. The van der Waals surface area contributed by atoms with Crippen molar-refractivity contribution < 1.29 is 13.5 Å². The summed E-state index contributed by atoms with van der Waals surface area (Å²) < 4.78 is 28.4. The zero-order valence-corrected chi connectivity index (χ0v) is 12.4. The lowest BCUT2D eigenvalue weighted by atomic mass is 9.96. The van der Waals surface area contributed by atoms with Crippen molar-refractivity contribution in [2.75, 3.05) is 7.05 Å². The van der Waals surface area contributed by atoms with Crippen LogP contribution in [0.15, 0.2) is 0 Å². The number of aliphatic hydroxyl groups is 1. The van der Waals surface area contributed by atoms with Crippen molar-refractivity contribution in [2.24, 2.45) is 0 Å². The summed E-state index contributed by atoms with van der Waals surface area (Å²) in [5.41, 5.74) is 0. The van der Waals surface area contributed by atoms with Gasteiger partial charge in [0.1, 0.15) is 0 Å². The van der Waals surface area contributed by atoms with Gasteiger partial charge in [-0.2, -0.15) is 17.4 Å². The van der Waals surface area contributed by atoms with Crippen LogP contribution in [0.4, 0.5) is 0 Å². The first-order valence-electron chi connectivity index (χ1n) is 6.76. The topological polar surface area (TPSA) is 69.6 Å². The largest absolute Gasteiger partial charge is 0.393 e. The average molecular weight is 278 g/mol. The first-order chi connectivity index (χ1) is 8.33. The van der Waals surface area contributed by atoms with Gasteiger partial charge >= 0.3 is 0 Å². The second-order valence-electron chi connectivity index (χ2n) is 5.42. The fourth-order valence-corrected chi connectivity index (χ4v) is 3.91. The van der Waals surface area contributed by atoms with Gasteiger partial charge in [0.15, 0.2) is 0 Å². The Morgan fingerprint density at radius 2 is 1.83 bits per heavy atom. The summed E-state index contributed by atoms with van der Waals surface area (Å²) in [4.78, 5) is 0. The zero-order chi connectivity index (χ0) is 13.8. The summed E-state index contributed by atoms with van der Waals surface area (Å²) in [7, 11) is -1.79. The van der Waals surface area contributed by atoms with E-state index >= 15 is 0 Å². The Hall–Kier alpha value is -0.170. The number of hydrogen-bond acceptors (Lipinski definition) is 3. The van der Waals surface area contributed by atoms with Gasteiger partial charge in [-0.05, 0) is 33.1 Å². The molecule has 5 nitrogen and oxygen atoms in total. The van der Waals surface area contributed by atoms with Crippen LogP contribution < -0.4 is 4.72 Å². The quantitative estimate of drug-likeness (QED) is 0.768. The molecule has 2 N–H and O–H groups in total. The molecule has 1 aliphatic carbocycles. The molecule has 6 heteroatoms. The lowest BCUT2D eigenvalue weighted by Gasteiger charge is -2.31. The van der Waals surface area contributed by atoms with E-state index in [9.17, 15) is 13.5 Å². The molecule has 0 aromatic rings. The first-order valence-corrected chi connectivity index (χ1v) is 8.20. The molecule has 0 saturated heterocycles. The van der Waals surface area contributed by atoms with Crippen molar-refractivity contribution in [3.63, 3.8) is 0 Å². The minimum absolute atomic E-state index is 0.120. The van der Waals surface area contributed by atoms with Crippen molar-refractivity contribution in [1.29, 1.82) is 0 Å². The van der Waals surface area contributed by atoms with Crippen LogP contribution in [-0.4, -0.2) is 43.1 Å². The number of aliphatic hydroxyl groups excluding tert-OH is 1. The summed E-state index contributed by atoms with van der Waals surface area (Å²) in [5, 5.41) is 9.26. The highest BCUT2D eigenvalue weighted by Crippen LogP contribution is 2.23. The molecule has 18 heavy (non-hydrogen) atoms. The van der Waals surface area contributed by atoms with E-state index in [2.05, 4.69) is 4.72 Å². The van der Waals surface area contributed by atoms with Crippen molar-refractivity contribution in [2.45, 2.75) is 70.6 Å². The van der Waals surface area contributed by atoms with Gasteiger partial charge in [0.25, 0.3) is 10.2 Å². The van der Waals surface area contributed by atoms with Crippen LogP contribution in [0.3, 0.4) is 0 Å². The monoisotopic (exact) mass is 278 g/mol. The zero-order valence-electron chi connectivity index (χ0n) is 11.6. The average Bonchev–Trinajstić information content (AvgIpc) is 2.27. The highest BCUT2D eigenvalue weighted by Gasteiger charge is 2.28. The molecule has 2 atom stereocenters. The molecule has 1 saturated carbocycles. The van der Waals surface area contributed by atoms with Crippen LogP contribution in [0.25, 0.3) is 0 Å². The molecule has 2 unspecified atom stereocenters. The smallest absolute Gasteiger partial charge is 0.279 e. The van der Waals surface area contributed by atoms with Crippen molar-refractivity contribution in [1.82, 2.24) is 9.03 Å². The SMILES string of the molecule is CC(O)CC(C)NS(=O)(=O)N(C)C1CCCCC1.